The van der Waals surface area contributed by atoms with Crippen LogP contribution in [0.4, 0.5) is 4.79 Å². The number of para-hydroxylation sites is 1. The summed E-state index contributed by atoms with van der Waals surface area (Å²) in [6.07, 6.45) is -1.09. The Balaban J connectivity index is 2.21. The minimum Gasteiger partial charge on any atom is -0.504 e. The van der Waals surface area contributed by atoms with Crippen molar-refractivity contribution < 1.29 is 39.2 Å². The Hall–Kier alpha value is -4.02. The van der Waals surface area contributed by atoms with Gasteiger partial charge >= 0.3 is 12.1 Å². The maximum atomic E-state index is 12.6. The third-order valence-electron chi connectivity index (χ3n) is 4.20. The monoisotopic (exact) mass is 434 g/mol. The van der Waals surface area contributed by atoms with Crippen LogP contribution in [0.5, 0.6) is 17.2 Å². The minimum absolute atomic E-state index is 0.00957. The molecule has 166 valence electrons. The number of aromatic hydroxyl groups is 2. The van der Waals surface area contributed by atoms with E-state index in [0.29, 0.717) is 5.56 Å². The van der Waals surface area contributed by atoms with Crippen molar-refractivity contribution in [3.63, 3.8) is 0 Å². The number of ether oxygens (including phenoxy) is 2. The van der Waals surface area contributed by atoms with Crippen molar-refractivity contribution in [1.29, 1.82) is 0 Å². The molecule has 0 aliphatic rings. The van der Waals surface area contributed by atoms with Gasteiger partial charge in [-0.05, 0) is 37.6 Å². The number of esters is 1. The van der Waals surface area contributed by atoms with Crippen molar-refractivity contribution in [1.82, 2.24) is 5.32 Å². The topological polar surface area (TPSA) is 157 Å². The zero-order valence-electron chi connectivity index (χ0n) is 16.9. The summed E-state index contributed by atoms with van der Waals surface area (Å²) in [6.45, 7) is 2.65. The number of phenols is 2. The number of benzene rings is 2. The molecule has 0 heterocycles. The number of nitrogens with zero attached hydrogens (tertiary/aromatic N) is 1. The molecule has 0 radical (unpaired) electrons. The Morgan fingerprint density at radius 2 is 1.87 bits per heavy atom. The number of carbonyl (C=O) groups is 2. The molecule has 11 nitrogen and oxygen atoms in total. The highest BCUT2D eigenvalue weighted by atomic mass is 16.9. The lowest BCUT2D eigenvalue weighted by atomic mass is 9.92. The highest BCUT2D eigenvalue weighted by Gasteiger charge is 2.37. The number of nitrogens with one attached hydrogen (secondary N) is 1. The van der Waals surface area contributed by atoms with Gasteiger partial charge in [0.2, 0.25) is 0 Å². The van der Waals surface area contributed by atoms with Crippen LogP contribution in [0, 0.1) is 10.1 Å². The van der Waals surface area contributed by atoms with Gasteiger partial charge in [-0.25, -0.2) is 9.59 Å². The highest BCUT2D eigenvalue weighted by Crippen LogP contribution is 2.27. The molecule has 0 aromatic heterocycles. The van der Waals surface area contributed by atoms with Crippen molar-refractivity contribution in [3.8, 4) is 17.2 Å². The van der Waals surface area contributed by atoms with Gasteiger partial charge < -0.3 is 29.8 Å². The van der Waals surface area contributed by atoms with Crippen LogP contribution >= 0.6 is 0 Å². The van der Waals surface area contributed by atoms with Gasteiger partial charge in [-0.15, -0.1) is 10.1 Å². The first-order chi connectivity index (χ1) is 14.6. The van der Waals surface area contributed by atoms with E-state index in [-0.39, 0.29) is 35.8 Å². The van der Waals surface area contributed by atoms with E-state index in [1.165, 1.54) is 37.3 Å². The Kier molecular flexibility index (Phi) is 7.61. The first-order valence-electron chi connectivity index (χ1n) is 9.18. The number of amides is 1. The summed E-state index contributed by atoms with van der Waals surface area (Å²) in [6, 6.07) is 10.0. The van der Waals surface area contributed by atoms with Gasteiger partial charge in [0.1, 0.15) is 17.9 Å². The minimum atomic E-state index is -1.58. The van der Waals surface area contributed by atoms with Crippen LogP contribution in [0.25, 0.3) is 0 Å². The predicted octanol–water partition coefficient (Wildman–Crippen LogP) is 2.46. The standard InChI is InChI=1S/C20H22N2O9/c1-3-29-18(25)20(2,11-13-8-9-15(23)16(24)10-13)21-19(26)31-17-7-5-4-6-14(17)12-30-22(27)28/h4-10,23-24H,3,11-12H2,1-2H3,(H,21,26). The number of hydrogen-bond donors (Lipinski definition) is 3. The summed E-state index contributed by atoms with van der Waals surface area (Å²) in [5.41, 5.74) is -0.899. The Morgan fingerprint density at radius 3 is 2.52 bits per heavy atom. The van der Waals surface area contributed by atoms with E-state index in [9.17, 15) is 29.9 Å². The average Bonchev–Trinajstić information content (AvgIpc) is 2.70. The molecule has 2 aromatic carbocycles. The number of rotatable bonds is 9. The molecule has 2 aromatic rings. The van der Waals surface area contributed by atoms with Gasteiger partial charge in [-0.2, -0.15) is 0 Å². The van der Waals surface area contributed by atoms with Gasteiger partial charge in [0.15, 0.2) is 11.5 Å². The third-order valence-corrected chi connectivity index (χ3v) is 4.20. The summed E-state index contributed by atoms with van der Waals surface area (Å²) in [7, 11) is 0. The number of carbonyl (C=O) groups excluding carboxylic acids is 2. The number of hydrogen-bond acceptors (Lipinski definition) is 9. The smallest absolute Gasteiger partial charge is 0.413 e. The second kappa shape index (κ2) is 10.1. The Bertz CT molecular complexity index is 963. The van der Waals surface area contributed by atoms with Crippen LogP contribution in [0.1, 0.15) is 25.0 Å². The van der Waals surface area contributed by atoms with Crippen LogP contribution in [0.3, 0.4) is 0 Å². The molecule has 3 N–H and O–H groups in total. The van der Waals surface area contributed by atoms with Crippen molar-refractivity contribution in [2.75, 3.05) is 6.61 Å². The Labute approximate surface area is 177 Å². The molecule has 0 aliphatic heterocycles. The van der Waals surface area contributed by atoms with E-state index >= 15 is 0 Å². The van der Waals surface area contributed by atoms with Crippen LogP contribution < -0.4 is 10.1 Å². The molecule has 0 saturated carbocycles. The molecular formula is C20H22N2O9. The van der Waals surface area contributed by atoms with Crippen molar-refractivity contribution in [2.45, 2.75) is 32.4 Å². The van der Waals surface area contributed by atoms with Crippen LogP contribution in [0.2, 0.25) is 0 Å². The lowest BCUT2D eigenvalue weighted by Gasteiger charge is -2.28. The summed E-state index contributed by atoms with van der Waals surface area (Å²) in [5, 5.41) is 31.1. The molecule has 0 spiro atoms. The van der Waals surface area contributed by atoms with Gasteiger partial charge in [-0.1, -0.05) is 24.3 Å². The average molecular weight is 434 g/mol. The normalized spacial score (nSPS) is 12.3. The van der Waals surface area contributed by atoms with E-state index in [4.69, 9.17) is 9.47 Å². The molecular weight excluding hydrogens is 412 g/mol. The van der Waals surface area contributed by atoms with Crippen LogP contribution in [0.15, 0.2) is 42.5 Å². The van der Waals surface area contributed by atoms with Crippen molar-refractivity contribution >= 4 is 12.1 Å². The molecule has 0 bridgehead atoms. The fourth-order valence-corrected chi connectivity index (χ4v) is 2.74. The van der Waals surface area contributed by atoms with Gasteiger partial charge in [0.05, 0.1) is 6.61 Å². The SMILES string of the molecule is CCOC(=O)C(C)(Cc1ccc(O)c(O)c1)NC(=O)Oc1ccccc1CO[N+](=O)[O-]. The first-order valence-corrected chi connectivity index (χ1v) is 9.18. The molecule has 0 aliphatic carbocycles. The van der Waals surface area contributed by atoms with Crippen molar-refractivity contribution in [3.05, 3.63) is 63.7 Å². The first kappa shape index (κ1) is 23.3. The van der Waals surface area contributed by atoms with Gasteiger partial charge in [0, 0.05) is 12.0 Å². The maximum absolute atomic E-state index is 12.6. The molecule has 31 heavy (non-hydrogen) atoms. The van der Waals surface area contributed by atoms with Crippen molar-refractivity contribution in [2.24, 2.45) is 0 Å². The third kappa shape index (κ3) is 6.49. The quantitative estimate of drug-likeness (QED) is 0.233. The lowest BCUT2D eigenvalue weighted by molar-refractivity contribution is -0.763. The van der Waals surface area contributed by atoms with Gasteiger partial charge in [-0.3, -0.25) is 0 Å². The summed E-state index contributed by atoms with van der Waals surface area (Å²) in [4.78, 5) is 39.8. The van der Waals surface area contributed by atoms with E-state index < -0.39 is 29.3 Å². The fraction of sp³-hybridized carbons (Fsp3) is 0.300. The van der Waals surface area contributed by atoms with E-state index in [2.05, 4.69) is 10.2 Å². The molecule has 1 amide bonds. The number of phenolic OH excluding ortho intramolecular Hbond substituents is 2. The van der Waals surface area contributed by atoms with E-state index in [1.807, 2.05) is 0 Å². The molecule has 11 heteroatoms. The predicted molar refractivity (Wildman–Crippen MR) is 106 cm³/mol. The summed E-state index contributed by atoms with van der Waals surface area (Å²) < 4.78 is 10.3. The zero-order chi connectivity index (χ0) is 23.0. The molecule has 1 unspecified atom stereocenters. The summed E-state index contributed by atoms with van der Waals surface area (Å²) in [5.74, 6) is -1.45. The molecule has 1 atom stereocenters. The van der Waals surface area contributed by atoms with Crippen LogP contribution in [-0.2, 0) is 27.4 Å². The fourth-order valence-electron chi connectivity index (χ4n) is 2.74. The molecule has 0 saturated heterocycles. The highest BCUT2D eigenvalue weighted by molar-refractivity contribution is 5.86. The van der Waals surface area contributed by atoms with Gasteiger partial charge in [0.25, 0.3) is 5.09 Å². The second-order valence-corrected chi connectivity index (χ2v) is 6.67. The zero-order valence-corrected chi connectivity index (χ0v) is 16.9. The second-order valence-electron chi connectivity index (χ2n) is 6.67. The van der Waals surface area contributed by atoms with E-state index in [1.54, 1.807) is 19.1 Å². The Morgan fingerprint density at radius 1 is 1.16 bits per heavy atom. The lowest BCUT2D eigenvalue weighted by Crippen LogP contribution is -2.55. The van der Waals surface area contributed by atoms with Crippen LogP contribution in [-0.4, -0.2) is 39.5 Å². The van der Waals surface area contributed by atoms with E-state index in [0.717, 1.165) is 0 Å². The molecule has 2 rings (SSSR count). The maximum Gasteiger partial charge on any atom is 0.413 e. The largest absolute Gasteiger partial charge is 0.504 e. The summed E-state index contributed by atoms with van der Waals surface area (Å²) >= 11 is 0. The molecule has 0 fully saturated rings.